The predicted molar refractivity (Wildman–Crippen MR) is 110 cm³/mol. The summed E-state index contributed by atoms with van der Waals surface area (Å²) in [7, 11) is 1.71. The Morgan fingerprint density at radius 1 is 1.39 bits per heavy atom. The lowest BCUT2D eigenvalue weighted by Gasteiger charge is -2.11. The Balaban J connectivity index is 1.81. The van der Waals surface area contributed by atoms with Crippen molar-refractivity contribution in [2.24, 2.45) is 7.05 Å². The van der Waals surface area contributed by atoms with E-state index in [4.69, 9.17) is 27.5 Å². The summed E-state index contributed by atoms with van der Waals surface area (Å²) in [5.74, 6) is 2.97. The van der Waals surface area contributed by atoms with Crippen LogP contribution in [-0.2, 0) is 24.6 Å². The van der Waals surface area contributed by atoms with E-state index in [1.807, 2.05) is 26.0 Å². The molecule has 0 unspecified atom stereocenters. The molecule has 0 aliphatic rings. The van der Waals surface area contributed by atoms with Crippen LogP contribution in [0.5, 0.6) is 5.75 Å². The maximum absolute atomic E-state index is 12.3. The van der Waals surface area contributed by atoms with Crippen molar-refractivity contribution in [1.29, 1.82) is 0 Å². The van der Waals surface area contributed by atoms with Crippen molar-refractivity contribution >= 4 is 17.5 Å². The van der Waals surface area contributed by atoms with E-state index in [9.17, 15) is 4.79 Å². The molecule has 28 heavy (non-hydrogen) atoms. The van der Waals surface area contributed by atoms with Crippen LogP contribution >= 0.6 is 11.6 Å². The number of ether oxygens (including phenoxy) is 2. The van der Waals surface area contributed by atoms with Crippen molar-refractivity contribution < 1.29 is 14.3 Å². The lowest BCUT2D eigenvalue weighted by molar-refractivity contribution is 0.0937. The molecule has 0 spiro atoms. The van der Waals surface area contributed by atoms with E-state index in [1.54, 1.807) is 7.05 Å². The highest BCUT2D eigenvalue weighted by atomic mass is 35.5. The number of amides is 1. The fraction of sp³-hybridized carbons (Fsp3) is 0.429. The molecule has 0 saturated carbocycles. The minimum absolute atomic E-state index is 0.262. The summed E-state index contributed by atoms with van der Waals surface area (Å²) in [6.45, 7) is 5.57. The third kappa shape index (κ3) is 5.75. The zero-order valence-electron chi connectivity index (χ0n) is 16.5. The minimum atomic E-state index is -0.262. The number of hydrogen-bond acceptors (Lipinski definition) is 4. The number of terminal acetylenes is 1. The van der Waals surface area contributed by atoms with Crippen LogP contribution in [0.3, 0.4) is 0 Å². The molecule has 0 bridgehead atoms. The summed E-state index contributed by atoms with van der Waals surface area (Å²) >= 11 is 6.23. The second-order valence-electron chi connectivity index (χ2n) is 6.30. The summed E-state index contributed by atoms with van der Waals surface area (Å²) in [5, 5.41) is 7.47. The van der Waals surface area contributed by atoms with Crippen LogP contribution < -0.4 is 10.1 Å². The fourth-order valence-corrected chi connectivity index (χ4v) is 3.17. The molecule has 0 atom stereocenters. The highest BCUT2D eigenvalue weighted by molar-refractivity contribution is 6.34. The third-order valence-corrected chi connectivity index (χ3v) is 4.61. The molecule has 7 heteroatoms. The number of carbonyl (C=O) groups excluding carboxylic acids is 1. The zero-order valence-corrected chi connectivity index (χ0v) is 17.3. The number of halogens is 1. The van der Waals surface area contributed by atoms with E-state index in [2.05, 4.69) is 22.4 Å². The number of aryl methyl sites for hydroxylation is 3. The SMILES string of the molecule is C#CCOCCc1ccc(OCCNC(=O)c2c(Cl)c(CC)nn2C)c(C)c1. The highest BCUT2D eigenvalue weighted by Crippen LogP contribution is 2.21. The highest BCUT2D eigenvalue weighted by Gasteiger charge is 2.19. The van der Waals surface area contributed by atoms with Crippen LogP contribution in [0.25, 0.3) is 0 Å². The smallest absolute Gasteiger partial charge is 0.271 e. The van der Waals surface area contributed by atoms with Crippen LogP contribution in [0.2, 0.25) is 5.02 Å². The predicted octanol–water partition coefficient (Wildman–Crippen LogP) is 2.95. The number of carbonyl (C=O) groups is 1. The first-order valence-corrected chi connectivity index (χ1v) is 9.58. The topological polar surface area (TPSA) is 65.4 Å². The van der Waals surface area contributed by atoms with Gasteiger partial charge < -0.3 is 14.8 Å². The first-order chi connectivity index (χ1) is 13.5. The second kappa shape index (κ2) is 10.7. The van der Waals surface area contributed by atoms with Crippen LogP contribution in [0.4, 0.5) is 0 Å². The van der Waals surface area contributed by atoms with Gasteiger partial charge in [-0.2, -0.15) is 5.10 Å². The molecule has 2 aromatic rings. The van der Waals surface area contributed by atoms with Gasteiger partial charge in [0.25, 0.3) is 5.91 Å². The normalized spacial score (nSPS) is 10.5. The van der Waals surface area contributed by atoms with Crippen LogP contribution in [0.1, 0.15) is 34.2 Å². The summed E-state index contributed by atoms with van der Waals surface area (Å²) < 4.78 is 12.6. The van der Waals surface area contributed by atoms with Crippen LogP contribution in [-0.4, -0.2) is 42.1 Å². The van der Waals surface area contributed by atoms with Gasteiger partial charge >= 0.3 is 0 Å². The summed E-state index contributed by atoms with van der Waals surface area (Å²) in [6, 6.07) is 6.00. The summed E-state index contributed by atoms with van der Waals surface area (Å²) in [4.78, 5) is 12.3. The number of benzene rings is 1. The standard InChI is InChI=1S/C21H26ClN3O3/c1-5-11-27-12-9-16-7-8-18(15(3)14-16)28-13-10-23-21(26)20-19(22)17(6-2)24-25(20)4/h1,7-8,14H,6,9-13H2,2-4H3,(H,23,26). The van der Waals surface area contributed by atoms with Gasteiger partial charge in [0.2, 0.25) is 0 Å². The average molecular weight is 404 g/mol. The fourth-order valence-electron chi connectivity index (χ4n) is 2.79. The zero-order chi connectivity index (χ0) is 20.5. The molecule has 1 aromatic carbocycles. The molecule has 1 amide bonds. The molecular weight excluding hydrogens is 378 g/mol. The van der Waals surface area contributed by atoms with Crippen LogP contribution in [0.15, 0.2) is 18.2 Å². The molecule has 1 heterocycles. The molecule has 1 aromatic heterocycles. The molecule has 1 N–H and O–H groups in total. The van der Waals surface area contributed by atoms with Crippen molar-refractivity contribution in [2.45, 2.75) is 26.7 Å². The van der Waals surface area contributed by atoms with E-state index in [-0.39, 0.29) is 5.91 Å². The minimum Gasteiger partial charge on any atom is -0.491 e. The number of aromatic nitrogens is 2. The van der Waals surface area contributed by atoms with Gasteiger partial charge in [0.15, 0.2) is 0 Å². The third-order valence-electron chi connectivity index (χ3n) is 4.21. The molecular formula is C21H26ClN3O3. The van der Waals surface area contributed by atoms with Gasteiger partial charge in [0.05, 0.1) is 23.9 Å². The Hall–Kier alpha value is -2.49. The monoisotopic (exact) mass is 403 g/mol. The van der Waals surface area contributed by atoms with Crippen molar-refractivity contribution in [3.63, 3.8) is 0 Å². The first kappa shape index (κ1) is 21.8. The van der Waals surface area contributed by atoms with Crippen molar-refractivity contribution in [1.82, 2.24) is 15.1 Å². The molecule has 0 aliphatic carbocycles. The average Bonchev–Trinajstić information content (AvgIpc) is 2.97. The Morgan fingerprint density at radius 2 is 2.18 bits per heavy atom. The Bertz CT molecular complexity index is 855. The van der Waals surface area contributed by atoms with Gasteiger partial charge in [-0.05, 0) is 37.0 Å². The van der Waals surface area contributed by atoms with Gasteiger partial charge in [-0.25, -0.2) is 0 Å². The van der Waals surface area contributed by atoms with E-state index in [0.717, 1.165) is 23.3 Å². The summed E-state index contributed by atoms with van der Waals surface area (Å²) in [5.41, 5.74) is 3.27. The van der Waals surface area contributed by atoms with E-state index in [0.29, 0.717) is 49.2 Å². The molecule has 0 fully saturated rings. The van der Waals surface area contributed by atoms with Gasteiger partial charge in [-0.3, -0.25) is 9.48 Å². The van der Waals surface area contributed by atoms with Crippen molar-refractivity contribution in [3.05, 3.63) is 45.7 Å². The number of rotatable bonds is 10. The molecule has 6 nitrogen and oxygen atoms in total. The van der Waals surface area contributed by atoms with E-state index in [1.165, 1.54) is 4.68 Å². The maximum atomic E-state index is 12.3. The second-order valence-corrected chi connectivity index (χ2v) is 6.68. The van der Waals surface area contributed by atoms with Gasteiger partial charge in [-0.15, -0.1) is 6.42 Å². The number of hydrogen-bond donors (Lipinski definition) is 1. The molecule has 0 aliphatic heterocycles. The Kier molecular flexibility index (Phi) is 8.37. The van der Waals surface area contributed by atoms with Crippen molar-refractivity contribution in [2.75, 3.05) is 26.4 Å². The Morgan fingerprint density at radius 3 is 2.82 bits per heavy atom. The largest absolute Gasteiger partial charge is 0.491 e. The van der Waals surface area contributed by atoms with Crippen molar-refractivity contribution in [3.8, 4) is 18.1 Å². The number of nitrogens with one attached hydrogen (secondary N) is 1. The van der Waals surface area contributed by atoms with E-state index >= 15 is 0 Å². The van der Waals surface area contributed by atoms with Gasteiger partial charge in [-0.1, -0.05) is 36.6 Å². The van der Waals surface area contributed by atoms with Gasteiger partial charge in [0.1, 0.15) is 24.7 Å². The molecule has 0 radical (unpaired) electrons. The molecule has 0 saturated heterocycles. The van der Waals surface area contributed by atoms with E-state index < -0.39 is 0 Å². The van der Waals surface area contributed by atoms with Crippen LogP contribution in [0, 0.1) is 19.3 Å². The lowest BCUT2D eigenvalue weighted by Crippen LogP contribution is -2.30. The quantitative estimate of drug-likeness (QED) is 0.489. The molecule has 150 valence electrons. The molecule has 2 rings (SSSR count). The maximum Gasteiger partial charge on any atom is 0.271 e. The Labute approximate surface area is 171 Å². The van der Waals surface area contributed by atoms with Gasteiger partial charge in [0, 0.05) is 7.05 Å². The first-order valence-electron chi connectivity index (χ1n) is 9.21. The lowest BCUT2D eigenvalue weighted by atomic mass is 10.1. The summed E-state index contributed by atoms with van der Waals surface area (Å²) in [6.07, 6.45) is 6.63. The number of nitrogens with zero attached hydrogens (tertiary/aromatic N) is 2.